The van der Waals surface area contributed by atoms with Crippen molar-refractivity contribution in [3.63, 3.8) is 0 Å². The maximum absolute atomic E-state index is 11.0. The van der Waals surface area contributed by atoms with Gasteiger partial charge in [-0.05, 0) is 37.6 Å². The molecule has 0 heterocycles. The van der Waals surface area contributed by atoms with E-state index < -0.39 is 0 Å². The SMILES string of the molecule is COC(=O)CC(C)Oc1ccc(Cl)c(C)c1. The van der Waals surface area contributed by atoms with Gasteiger partial charge in [-0.3, -0.25) is 4.79 Å². The van der Waals surface area contributed by atoms with E-state index in [0.717, 1.165) is 5.56 Å². The summed E-state index contributed by atoms with van der Waals surface area (Å²) >= 11 is 5.89. The molecule has 1 rings (SSSR count). The number of halogens is 1. The highest BCUT2D eigenvalue weighted by molar-refractivity contribution is 6.31. The maximum atomic E-state index is 11.0. The fourth-order valence-corrected chi connectivity index (χ4v) is 1.40. The lowest BCUT2D eigenvalue weighted by atomic mass is 10.2. The van der Waals surface area contributed by atoms with Crippen LogP contribution in [0.3, 0.4) is 0 Å². The summed E-state index contributed by atoms with van der Waals surface area (Å²) < 4.78 is 10.1. The normalized spacial score (nSPS) is 12.0. The van der Waals surface area contributed by atoms with Gasteiger partial charge in [0.1, 0.15) is 11.9 Å². The third-order valence-electron chi connectivity index (χ3n) is 2.15. The third-order valence-corrected chi connectivity index (χ3v) is 2.57. The van der Waals surface area contributed by atoms with Crippen LogP contribution < -0.4 is 4.74 Å². The lowest BCUT2D eigenvalue weighted by Gasteiger charge is -2.14. The number of hydrogen-bond acceptors (Lipinski definition) is 3. The first kappa shape index (κ1) is 12.8. The number of carbonyl (C=O) groups is 1. The Morgan fingerprint density at radius 3 is 2.75 bits per heavy atom. The summed E-state index contributed by atoms with van der Waals surface area (Å²) in [6.07, 6.45) is 0.0195. The Kier molecular flexibility index (Phi) is 4.62. The molecule has 4 heteroatoms. The molecule has 1 aromatic carbocycles. The molecule has 0 amide bonds. The molecule has 0 N–H and O–H groups in total. The van der Waals surface area contributed by atoms with Crippen LogP contribution in [0.15, 0.2) is 18.2 Å². The molecule has 3 nitrogen and oxygen atoms in total. The van der Waals surface area contributed by atoms with E-state index >= 15 is 0 Å². The fraction of sp³-hybridized carbons (Fsp3) is 0.417. The zero-order valence-corrected chi connectivity index (χ0v) is 10.4. The molecular formula is C12H15ClO3. The molecule has 0 spiro atoms. The summed E-state index contributed by atoms with van der Waals surface area (Å²) in [5.74, 6) is 0.427. The number of esters is 1. The van der Waals surface area contributed by atoms with E-state index in [1.165, 1.54) is 7.11 Å². The standard InChI is InChI=1S/C12H15ClO3/c1-8-6-10(4-5-11(8)13)16-9(2)7-12(14)15-3/h4-6,9H,7H2,1-3H3. The number of aryl methyl sites for hydroxylation is 1. The highest BCUT2D eigenvalue weighted by atomic mass is 35.5. The summed E-state index contributed by atoms with van der Waals surface area (Å²) in [6.45, 7) is 3.72. The molecule has 1 atom stereocenters. The average molecular weight is 243 g/mol. The molecule has 0 aromatic heterocycles. The van der Waals surface area contributed by atoms with Gasteiger partial charge in [0.05, 0.1) is 13.5 Å². The van der Waals surface area contributed by atoms with E-state index in [9.17, 15) is 4.79 Å². The van der Waals surface area contributed by atoms with E-state index in [4.69, 9.17) is 16.3 Å². The zero-order chi connectivity index (χ0) is 12.1. The number of methoxy groups -OCH3 is 1. The second kappa shape index (κ2) is 5.75. The molecular weight excluding hydrogens is 228 g/mol. The van der Waals surface area contributed by atoms with Crippen molar-refractivity contribution in [3.8, 4) is 5.75 Å². The Bertz CT molecular complexity index is 377. The predicted octanol–water partition coefficient (Wildman–Crippen LogP) is 2.98. The van der Waals surface area contributed by atoms with Gasteiger partial charge in [0.25, 0.3) is 0 Å². The number of carbonyl (C=O) groups excluding carboxylic acids is 1. The van der Waals surface area contributed by atoms with Gasteiger partial charge >= 0.3 is 5.97 Å². The summed E-state index contributed by atoms with van der Waals surface area (Å²) in [5, 5.41) is 0.702. The van der Waals surface area contributed by atoms with Crippen molar-refractivity contribution in [1.29, 1.82) is 0 Å². The summed E-state index contributed by atoms with van der Waals surface area (Å²) in [4.78, 5) is 11.0. The minimum Gasteiger partial charge on any atom is -0.490 e. The van der Waals surface area contributed by atoms with Crippen molar-refractivity contribution in [1.82, 2.24) is 0 Å². The highest BCUT2D eigenvalue weighted by Gasteiger charge is 2.10. The lowest BCUT2D eigenvalue weighted by molar-refractivity contribution is -0.142. The van der Waals surface area contributed by atoms with Gasteiger partial charge in [-0.15, -0.1) is 0 Å². The van der Waals surface area contributed by atoms with Crippen molar-refractivity contribution in [2.45, 2.75) is 26.4 Å². The van der Waals surface area contributed by atoms with Crippen LogP contribution in [0.4, 0.5) is 0 Å². The van der Waals surface area contributed by atoms with Crippen LogP contribution >= 0.6 is 11.6 Å². The second-order valence-electron chi connectivity index (χ2n) is 3.62. The summed E-state index contributed by atoms with van der Waals surface area (Å²) in [7, 11) is 1.36. The lowest BCUT2D eigenvalue weighted by Crippen LogP contribution is -2.17. The molecule has 0 aliphatic rings. The van der Waals surface area contributed by atoms with Crippen LogP contribution in [0.1, 0.15) is 18.9 Å². The smallest absolute Gasteiger partial charge is 0.309 e. The first-order valence-corrected chi connectivity index (χ1v) is 5.40. The molecule has 0 radical (unpaired) electrons. The zero-order valence-electron chi connectivity index (χ0n) is 9.62. The van der Waals surface area contributed by atoms with Crippen molar-refractivity contribution in [3.05, 3.63) is 28.8 Å². The molecule has 1 aromatic rings. The van der Waals surface area contributed by atoms with Crippen LogP contribution in [0, 0.1) is 6.92 Å². The minimum absolute atomic E-state index is 0.215. The monoisotopic (exact) mass is 242 g/mol. The summed E-state index contributed by atoms with van der Waals surface area (Å²) in [5.41, 5.74) is 0.949. The Morgan fingerprint density at radius 2 is 2.19 bits per heavy atom. The Labute approximate surface area is 100 Å². The largest absolute Gasteiger partial charge is 0.490 e. The molecule has 16 heavy (non-hydrogen) atoms. The van der Waals surface area contributed by atoms with Gasteiger partial charge in [0.2, 0.25) is 0 Å². The number of rotatable bonds is 4. The number of hydrogen-bond donors (Lipinski definition) is 0. The fourth-order valence-electron chi connectivity index (χ4n) is 1.28. The quantitative estimate of drug-likeness (QED) is 0.762. The van der Waals surface area contributed by atoms with Crippen molar-refractivity contribution >= 4 is 17.6 Å². The topological polar surface area (TPSA) is 35.5 Å². The van der Waals surface area contributed by atoms with Gasteiger partial charge in [-0.25, -0.2) is 0 Å². The minimum atomic E-state index is -0.279. The first-order chi connectivity index (χ1) is 7.52. The molecule has 0 bridgehead atoms. The van der Waals surface area contributed by atoms with Crippen molar-refractivity contribution in [2.75, 3.05) is 7.11 Å². The van der Waals surface area contributed by atoms with Gasteiger partial charge in [0.15, 0.2) is 0 Å². The van der Waals surface area contributed by atoms with E-state index in [-0.39, 0.29) is 18.5 Å². The molecule has 88 valence electrons. The van der Waals surface area contributed by atoms with E-state index in [1.807, 2.05) is 19.9 Å². The molecule has 0 saturated carbocycles. The third kappa shape index (κ3) is 3.74. The van der Waals surface area contributed by atoms with Gasteiger partial charge in [-0.1, -0.05) is 11.6 Å². The second-order valence-corrected chi connectivity index (χ2v) is 4.03. The Morgan fingerprint density at radius 1 is 1.50 bits per heavy atom. The van der Waals surface area contributed by atoms with Crippen LogP contribution in [0.5, 0.6) is 5.75 Å². The van der Waals surface area contributed by atoms with Crippen molar-refractivity contribution in [2.24, 2.45) is 0 Å². The Balaban J connectivity index is 2.59. The van der Waals surface area contributed by atoms with Gasteiger partial charge < -0.3 is 9.47 Å². The van der Waals surface area contributed by atoms with Crippen LogP contribution in [-0.4, -0.2) is 19.2 Å². The van der Waals surface area contributed by atoms with Gasteiger partial charge in [-0.2, -0.15) is 0 Å². The van der Waals surface area contributed by atoms with Crippen LogP contribution in [-0.2, 0) is 9.53 Å². The van der Waals surface area contributed by atoms with E-state index in [2.05, 4.69) is 4.74 Å². The Hall–Kier alpha value is -1.22. The number of benzene rings is 1. The van der Waals surface area contributed by atoms with Gasteiger partial charge in [0, 0.05) is 5.02 Å². The molecule has 0 saturated heterocycles. The van der Waals surface area contributed by atoms with Crippen LogP contribution in [0.2, 0.25) is 5.02 Å². The van der Waals surface area contributed by atoms with E-state index in [1.54, 1.807) is 12.1 Å². The highest BCUT2D eigenvalue weighted by Crippen LogP contribution is 2.22. The molecule has 0 aliphatic carbocycles. The van der Waals surface area contributed by atoms with Crippen molar-refractivity contribution < 1.29 is 14.3 Å². The first-order valence-electron chi connectivity index (χ1n) is 5.02. The predicted molar refractivity (Wildman–Crippen MR) is 62.9 cm³/mol. The van der Waals surface area contributed by atoms with E-state index in [0.29, 0.717) is 10.8 Å². The summed E-state index contributed by atoms with van der Waals surface area (Å²) in [6, 6.07) is 5.40. The van der Waals surface area contributed by atoms with Crippen LogP contribution in [0.25, 0.3) is 0 Å². The maximum Gasteiger partial charge on any atom is 0.309 e. The average Bonchev–Trinajstić information content (AvgIpc) is 2.23. The molecule has 1 unspecified atom stereocenters. The molecule has 0 fully saturated rings. The molecule has 0 aliphatic heterocycles. The number of ether oxygens (including phenoxy) is 2.